The topological polar surface area (TPSA) is 67.4 Å². The number of nitrogens with one attached hydrogen (secondary N) is 2. The minimum absolute atomic E-state index is 0.156. The van der Waals surface area contributed by atoms with Gasteiger partial charge in [0, 0.05) is 18.7 Å². The Morgan fingerprint density at radius 2 is 1.54 bits per heavy atom. The van der Waals surface area contributed by atoms with E-state index in [1.54, 1.807) is 24.3 Å². The fourth-order valence-electron chi connectivity index (χ4n) is 3.15. The molecule has 1 amide bonds. The van der Waals surface area contributed by atoms with Gasteiger partial charge in [-0.1, -0.05) is 58.0 Å². The monoisotopic (exact) mass is 382 g/mol. The predicted molar refractivity (Wildman–Crippen MR) is 114 cm³/mol. The van der Waals surface area contributed by atoms with Crippen LogP contribution in [0, 0.1) is 0 Å². The molecule has 28 heavy (non-hydrogen) atoms. The summed E-state index contributed by atoms with van der Waals surface area (Å²) < 4.78 is 4.77. The van der Waals surface area contributed by atoms with E-state index in [0.29, 0.717) is 36.1 Å². The summed E-state index contributed by atoms with van der Waals surface area (Å²) in [5, 5.41) is 6.26. The van der Waals surface area contributed by atoms with E-state index in [-0.39, 0.29) is 5.91 Å². The van der Waals surface area contributed by atoms with Crippen LogP contribution in [0.15, 0.2) is 42.5 Å². The van der Waals surface area contributed by atoms with Crippen molar-refractivity contribution in [2.24, 2.45) is 0 Å². The van der Waals surface area contributed by atoms with Gasteiger partial charge in [-0.05, 0) is 35.1 Å². The zero-order valence-electron chi connectivity index (χ0n) is 17.3. The number of rotatable bonds is 8. The summed E-state index contributed by atoms with van der Waals surface area (Å²) in [6, 6.07) is 13.2. The Morgan fingerprint density at radius 1 is 0.929 bits per heavy atom. The number of amides is 1. The van der Waals surface area contributed by atoms with E-state index in [1.165, 1.54) is 18.2 Å². The standard InChI is InChI=1S/C23H30N2O3/c1-15(2)17-10-8-11-18(16(3)4)22(17)24-14-13-21(26)25-20-12-7-6-9-19(20)23(27)28-5/h6-12,15-16,24H,13-14H2,1-5H3,(H,25,26). The molecule has 150 valence electrons. The fraction of sp³-hybridized carbons (Fsp3) is 0.391. The molecule has 0 fully saturated rings. The second kappa shape index (κ2) is 9.93. The molecule has 0 heterocycles. The molecule has 0 saturated heterocycles. The number of esters is 1. The minimum Gasteiger partial charge on any atom is -0.465 e. The molecule has 0 atom stereocenters. The van der Waals surface area contributed by atoms with Gasteiger partial charge in [0.25, 0.3) is 0 Å². The number of methoxy groups -OCH3 is 1. The Labute approximate surface area is 167 Å². The molecule has 0 bridgehead atoms. The Morgan fingerprint density at radius 3 is 2.11 bits per heavy atom. The summed E-state index contributed by atoms with van der Waals surface area (Å²) in [5.74, 6) is 0.155. The largest absolute Gasteiger partial charge is 0.465 e. The average molecular weight is 383 g/mol. The summed E-state index contributed by atoms with van der Waals surface area (Å²) >= 11 is 0. The van der Waals surface area contributed by atoms with Crippen LogP contribution in [0.1, 0.15) is 67.4 Å². The van der Waals surface area contributed by atoms with Gasteiger partial charge in [-0.3, -0.25) is 4.79 Å². The zero-order chi connectivity index (χ0) is 20.7. The van der Waals surface area contributed by atoms with Crippen molar-refractivity contribution in [2.45, 2.75) is 46.0 Å². The second-order valence-corrected chi connectivity index (χ2v) is 7.38. The molecule has 0 radical (unpaired) electrons. The molecule has 0 spiro atoms. The maximum Gasteiger partial charge on any atom is 0.339 e. The highest BCUT2D eigenvalue weighted by molar-refractivity contribution is 6.01. The number of anilines is 2. The molecule has 5 nitrogen and oxygen atoms in total. The van der Waals surface area contributed by atoms with Crippen molar-refractivity contribution in [2.75, 3.05) is 24.3 Å². The summed E-state index contributed by atoms with van der Waals surface area (Å²) in [5.41, 5.74) is 4.43. The minimum atomic E-state index is -0.471. The van der Waals surface area contributed by atoms with Gasteiger partial charge >= 0.3 is 5.97 Å². The van der Waals surface area contributed by atoms with E-state index in [4.69, 9.17) is 4.74 Å². The molecule has 5 heteroatoms. The van der Waals surface area contributed by atoms with Gasteiger partial charge in [-0.2, -0.15) is 0 Å². The van der Waals surface area contributed by atoms with Gasteiger partial charge in [-0.25, -0.2) is 4.79 Å². The number of carbonyl (C=O) groups is 2. The lowest BCUT2D eigenvalue weighted by molar-refractivity contribution is -0.115. The normalized spacial score (nSPS) is 10.8. The van der Waals surface area contributed by atoms with Crippen LogP contribution < -0.4 is 10.6 Å². The van der Waals surface area contributed by atoms with Crippen molar-refractivity contribution >= 4 is 23.3 Å². The van der Waals surface area contributed by atoms with Crippen LogP contribution in [-0.2, 0) is 9.53 Å². The highest BCUT2D eigenvalue weighted by atomic mass is 16.5. The third-order valence-corrected chi connectivity index (χ3v) is 4.63. The molecular formula is C23H30N2O3. The molecule has 2 N–H and O–H groups in total. The number of para-hydroxylation sites is 2. The van der Waals surface area contributed by atoms with E-state index in [9.17, 15) is 9.59 Å². The van der Waals surface area contributed by atoms with Gasteiger partial charge in [0.05, 0.1) is 18.4 Å². The van der Waals surface area contributed by atoms with Crippen molar-refractivity contribution in [3.05, 3.63) is 59.2 Å². The van der Waals surface area contributed by atoms with E-state index >= 15 is 0 Å². The van der Waals surface area contributed by atoms with Crippen LogP contribution in [-0.4, -0.2) is 25.5 Å². The highest BCUT2D eigenvalue weighted by Gasteiger charge is 2.15. The van der Waals surface area contributed by atoms with Crippen molar-refractivity contribution < 1.29 is 14.3 Å². The number of ether oxygens (including phenoxy) is 1. The predicted octanol–water partition coefficient (Wildman–Crippen LogP) is 5.16. The van der Waals surface area contributed by atoms with Crippen LogP contribution in [0.25, 0.3) is 0 Å². The molecule has 2 rings (SSSR count). The Kier molecular flexibility index (Phi) is 7.61. The van der Waals surface area contributed by atoms with E-state index in [1.807, 2.05) is 0 Å². The Hall–Kier alpha value is -2.82. The lowest BCUT2D eigenvalue weighted by Crippen LogP contribution is -2.19. The molecule has 0 unspecified atom stereocenters. The molecule has 2 aromatic rings. The zero-order valence-corrected chi connectivity index (χ0v) is 17.3. The molecule has 0 aromatic heterocycles. The summed E-state index contributed by atoms with van der Waals surface area (Å²) in [6.45, 7) is 9.18. The summed E-state index contributed by atoms with van der Waals surface area (Å²) in [6.07, 6.45) is 0.291. The lowest BCUT2D eigenvalue weighted by atomic mass is 9.92. The quantitative estimate of drug-likeness (QED) is 0.619. The number of benzene rings is 2. The van der Waals surface area contributed by atoms with E-state index in [2.05, 4.69) is 56.5 Å². The SMILES string of the molecule is COC(=O)c1ccccc1NC(=O)CCNc1c(C(C)C)cccc1C(C)C. The van der Waals surface area contributed by atoms with Crippen LogP contribution in [0.5, 0.6) is 0 Å². The molecule has 0 aliphatic heterocycles. The summed E-state index contributed by atoms with van der Waals surface area (Å²) in [7, 11) is 1.32. The number of hydrogen-bond acceptors (Lipinski definition) is 4. The number of hydrogen-bond donors (Lipinski definition) is 2. The van der Waals surface area contributed by atoms with Crippen LogP contribution in [0.3, 0.4) is 0 Å². The molecular weight excluding hydrogens is 352 g/mol. The molecule has 2 aromatic carbocycles. The fourth-order valence-corrected chi connectivity index (χ4v) is 3.15. The first-order valence-corrected chi connectivity index (χ1v) is 9.69. The van der Waals surface area contributed by atoms with Gasteiger partial charge in [0.15, 0.2) is 0 Å². The first-order valence-electron chi connectivity index (χ1n) is 9.69. The smallest absolute Gasteiger partial charge is 0.339 e. The molecule has 0 saturated carbocycles. The maximum absolute atomic E-state index is 12.4. The lowest BCUT2D eigenvalue weighted by Gasteiger charge is -2.21. The van der Waals surface area contributed by atoms with E-state index in [0.717, 1.165) is 5.69 Å². The van der Waals surface area contributed by atoms with Crippen molar-refractivity contribution in [1.82, 2.24) is 0 Å². The molecule has 0 aliphatic rings. The first kappa shape index (κ1) is 21.5. The number of carbonyl (C=O) groups excluding carboxylic acids is 2. The Balaban J connectivity index is 2.05. The van der Waals surface area contributed by atoms with Crippen LogP contribution in [0.2, 0.25) is 0 Å². The van der Waals surface area contributed by atoms with Crippen LogP contribution in [0.4, 0.5) is 11.4 Å². The second-order valence-electron chi connectivity index (χ2n) is 7.38. The van der Waals surface area contributed by atoms with Gasteiger partial charge in [0.2, 0.25) is 5.91 Å². The van der Waals surface area contributed by atoms with Crippen molar-refractivity contribution in [3.63, 3.8) is 0 Å². The van der Waals surface area contributed by atoms with Crippen molar-refractivity contribution in [3.8, 4) is 0 Å². The van der Waals surface area contributed by atoms with Crippen LogP contribution >= 0.6 is 0 Å². The van der Waals surface area contributed by atoms with E-state index < -0.39 is 5.97 Å². The van der Waals surface area contributed by atoms with Gasteiger partial charge in [-0.15, -0.1) is 0 Å². The maximum atomic E-state index is 12.4. The first-order chi connectivity index (χ1) is 13.3. The van der Waals surface area contributed by atoms with Gasteiger partial charge < -0.3 is 15.4 Å². The average Bonchev–Trinajstić information content (AvgIpc) is 2.67. The van der Waals surface area contributed by atoms with Crippen molar-refractivity contribution in [1.29, 1.82) is 0 Å². The molecule has 0 aliphatic carbocycles. The summed E-state index contributed by atoms with van der Waals surface area (Å²) in [4.78, 5) is 24.2. The third kappa shape index (κ3) is 5.35. The third-order valence-electron chi connectivity index (χ3n) is 4.63. The van der Waals surface area contributed by atoms with Gasteiger partial charge in [0.1, 0.15) is 0 Å². The Bertz CT molecular complexity index is 802. The highest BCUT2D eigenvalue weighted by Crippen LogP contribution is 2.32.